The molecule has 0 aromatic heterocycles. The molecule has 0 aliphatic carbocycles. The maximum Gasteiger partial charge on any atom is 0.292 e. The van der Waals surface area contributed by atoms with Gasteiger partial charge >= 0.3 is 0 Å². The normalized spacial score (nSPS) is 15.1. The molecule has 2 rings (SSSR count). The fraction of sp³-hybridized carbons (Fsp3) is 0.500. The van der Waals surface area contributed by atoms with Crippen LogP contribution in [0.2, 0.25) is 0 Å². The standard InChI is InChI=1S/C14H20N4O3/c1-16(9-10-17-7-2-3-8-17)14(19)11-5-4-6-12(13(11)15)18(20)21/h4-6H,2-3,7-10,15H2,1H3. The van der Waals surface area contributed by atoms with Crippen LogP contribution >= 0.6 is 0 Å². The molecule has 0 unspecified atom stereocenters. The minimum Gasteiger partial charge on any atom is -0.393 e. The number of carbonyl (C=O) groups is 1. The van der Waals surface area contributed by atoms with Crippen LogP contribution in [0.15, 0.2) is 18.2 Å². The summed E-state index contributed by atoms with van der Waals surface area (Å²) in [6, 6.07) is 4.31. The number of nitrogens with two attached hydrogens (primary N) is 1. The van der Waals surface area contributed by atoms with Gasteiger partial charge in [-0.3, -0.25) is 14.9 Å². The Balaban J connectivity index is 2.04. The van der Waals surface area contributed by atoms with Gasteiger partial charge in [-0.1, -0.05) is 6.07 Å². The fourth-order valence-corrected chi connectivity index (χ4v) is 2.50. The smallest absolute Gasteiger partial charge is 0.292 e. The summed E-state index contributed by atoms with van der Waals surface area (Å²) in [5, 5.41) is 10.9. The maximum absolute atomic E-state index is 12.3. The lowest BCUT2D eigenvalue weighted by atomic mass is 10.1. The molecule has 1 aromatic carbocycles. The molecule has 0 radical (unpaired) electrons. The molecule has 7 heteroatoms. The van der Waals surface area contributed by atoms with E-state index in [-0.39, 0.29) is 22.8 Å². The molecule has 1 saturated heterocycles. The Hall–Kier alpha value is -2.15. The molecule has 114 valence electrons. The van der Waals surface area contributed by atoms with Crippen molar-refractivity contribution in [1.29, 1.82) is 0 Å². The molecule has 2 N–H and O–H groups in total. The summed E-state index contributed by atoms with van der Waals surface area (Å²) in [6.45, 7) is 3.54. The topological polar surface area (TPSA) is 92.7 Å². The number of anilines is 1. The van der Waals surface area contributed by atoms with Crippen molar-refractivity contribution in [3.63, 3.8) is 0 Å². The van der Waals surface area contributed by atoms with Gasteiger partial charge < -0.3 is 15.5 Å². The molecule has 21 heavy (non-hydrogen) atoms. The van der Waals surface area contributed by atoms with Crippen LogP contribution < -0.4 is 5.73 Å². The first-order valence-corrected chi connectivity index (χ1v) is 7.01. The molecule has 0 saturated carbocycles. The van der Waals surface area contributed by atoms with E-state index in [9.17, 15) is 14.9 Å². The fourth-order valence-electron chi connectivity index (χ4n) is 2.50. The molecule has 0 bridgehead atoms. The predicted molar refractivity (Wildman–Crippen MR) is 80.1 cm³/mol. The molecule has 1 amide bonds. The lowest BCUT2D eigenvalue weighted by molar-refractivity contribution is -0.383. The van der Waals surface area contributed by atoms with Gasteiger partial charge in [-0.25, -0.2) is 0 Å². The average molecular weight is 292 g/mol. The van der Waals surface area contributed by atoms with Crippen molar-refractivity contribution in [1.82, 2.24) is 9.80 Å². The van der Waals surface area contributed by atoms with Crippen LogP contribution in [0.4, 0.5) is 11.4 Å². The molecule has 7 nitrogen and oxygen atoms in total. The first kappa shape index (κ1) is 15.2. The van der Waals surface area contributed by atoms with Crippen molar-refractivity contribution in [3.05, 3.63) is 33.9 Å². The van der Waals surface area contributed by atoms with Crippen LogP contribution in [0.25, 0.3) is 0 Å². The van der Waals surface area contributed by atoms with E-state index >= 15 is 0 Å². The van der Waals surface area contributed by atoms with E-state index in [0.29, 0.717) is 6.54 Å². The van der Waals surface area contributed by atoms with E-state index in [2.05, 4.69) is 4.90 Å². The molecule has 1 aromatic rings. The van der Waals surface area contributed by atoms with Crippen LogP contribution in [0.1, 0.15) is 23.2 Å². The van der Waals surface area contributed by atoms with Gasteiger partial charge in [0.25, 0.3) is 11.6 Å². The first-order chi connectivity index (χ1) is 10.0. The number of nitro groups is 1. The zero-order chi connectivity index (χ0) is 15.4. The van der Waals surface area contributed by atoms with Crippen molar-refractivity contribution < 1.29 is 9.72 Å². The third kappa shape index (κ3) is 3.49. The van der Waals surface area contributed by atoms with Crippen LogP contribution in [-0.2, 0) is 0 Å². The second-order valence-corrected chi connectivity index (χ2v) is 5.27. The number of likely N-dealkylation sites (N-methyl/N-ethyl adjacent to an activating group) is 1. The Morgan fingerprint density at radius 2 is 2.10 bits per heavy atom. The minimum atomic E-state index is -0.573. The summed E-state index contributed by atoms with van der Waals surface area (Å²) in [5.74, 6) is -0.282. The Morgan fingerprint density at radius 1 is 1.43 bits per heavy atom. The third-order valence-electron chi connectivity index (χ3n) is 3.81. The van der Waals surface area contributed by atoms with E-state index in [1.165, 1.54) is 31.0 Å². The van der Waals surface area contributed by atoms with Gasteiger partial charge in [-0.15, -0.1) is 0 Å². The van der Waals surface area contributed by atoms with Gasteiger partial charge in [0, 0.05) is 26.2 Å². The number of hydrogen-bond donors (Lipinski definition) is 1. The Kier molecular flexibility index (Phi) is 4.74. The van der Waals surface area contributed by atoms with Crippen molar-refractivity contribution >= 4 is 17.3 Å². The second kappa shape index (κ2) is 6.53. The van der Waals surface area contributed by atoms with Gasteiger partial charge in [0.1, 0.15) is 5.69 Å². The van der Waals surface area contributed by atoms with Gasteiger partial charge in [0.2, 0.25) is 0 Å². The summed E-state index contributed by atoms with van der Waals surface area (Å²) in [5.41, 5.74) is 5.63. The van der Waals surface area contributed by atoms with Gasteiger partial charge in [0.05, 0.1) is 10.5 Å². The lowest BCUT2D eigenvalue weighted by Crippen LogP contribution is -2.35. The number of rotatable bonds is 5. The van der Waals surface area contributed by atoms with Crippen molar-refractivity contribution in [3.8, 4) is 0 Å². The van der Waals surface area contributed by atoms with Crippen molar-refractivity contribution in [2.45, 2.75) is 12.8 Å². The summed E-state index contributed by atoms with van der Waals surface area (Å²) in [4.78, 5) is 26.5. The highest BCUT2D eigenvalue weighted by Crippen LogP contribution is 2.25. The van der Waals surface area contributed by atoms with Crippen LogP contribution in [0.5, 0.6) is 0 Å². The summed E-state index contributed by atoms with van der Waals surface area (Å²) in [7, 11) is 1.69. The predicted octanol–water partition coefficient (Wildman–Crippen LogP) is 1.34. The largest absolute Gasteiger partial charge is 0.393 e. The number of carbonyl (C=O) groups excluding carboxylic acids is 1. The van der Waals surface area contributed by atoms with E-state index < -0.39 is 4.92 Å². The van der Waals surface area contributed by atoms with E-state index in [1.807, 2.05) is 0 Å². The van der Waals surface area contributed by atoms with Crippen molar-refractivity contribution in [2.75, 3.05) is 39.0 Å². The quantitative estimate of drug-likeness (QED) is 0.502. The molecule has 1 fully saturated rings. The SMILES string of the molecule is CN(CCN1CCCC1)C(=O)c1cccc([N+](=O)[O-])c1N. The molecular formula is C14H20N4O3. The Labute approximate surface area is 123 Å². The number of nitrogens with zero attached hydrogens (tertiary/aromatic N) is 3. The summed E-state index contributed by atoms with van der Waals surface area (Å²) < 4.78 is 0. The highest BCUT2D eigenvalue weighted by atomic mass is 16.6. The van der Waals surface area contributed by atoms with Crippen LogP contribution in [-0.4, -0.2) is 53.9 Å². The minimum absolute atomic E-state index is 0.0690. The van der Waals surface area contributed by atoms with Gasteiger partial charge in [-0.2, -0.15) is 0 Å². The highest BCUT2D eigenvalue weighted by Gasteiger charge is 2.22. The van der Waals surface area contributed by atoms with Crippen LogP contribution in [0.3, 0.4) is 0 Å². The number of nitrogen functional groups attached to an aromatic ring is 1. The zero-order valence-electron chi connectivity index (χ0n) is 12.1. The second-order valence-electron chi connectivity index (χ2n) is 5.27. The molecule has 1 aliphatic rings. The van der Waals surface area contributed by atoms with Gasteiger partial charge in [0.15, 0.2) is 0 Å². The maximum atomic E-state index is 12.3. The molecule has 1 heterocycles. The highest BCUT2D eigenvalue weighted by molar-refractivity contribution is 6.00. The Bertz CT molecular complexity index is 541. The summed E-state index contributed by atoms with van der Waals surface area (Å²) in [6.07, 6.45) is 2.41. The summed E-state index contributed by atoms with van der Waals surface area (Å²) >= 11 is 0. The third-order valence-corrected chi connectivity index (χ3v) is 3.81. The zero-order valence-corrected chi connectivity index (χ0v) is 12.1. The van der Waals surface area contributed by atoms with Gasteiger partial charge in [-0.05, 0) is 32.0 Å². The van der Waals surface area contributed by atoms with E-state index in [1.54, 1.807) is 11.9 Å². The lowest BCUT2D eigenvalue weighted by Gasteiger charge is -2.22. The number of para-hydroxylation sites is 1. The number of amides is 1. The average Bonchev–Trinajstić information content (AvgIpc) is 2.97. The molecule has 1 aliphatic heterocycles. The molecule has 0 spiro atoms. The number of likely N-dealkylation sites (tertiary alicyclic amines) is 1. The number of benzene rings is 1. The van der Waals surface area contributed by atoms with Crippen LogP contribution in [0, 0.1) is 10.1 Å². The van der Waals surface area contributed by atoms with E-state index in [0.717, 1.165) is 19.6 Å². The monoisotopic (exact) mass is 292 g/mol. The number of nitro benzene ring substituents is 1. The Morgan fingerprint density at radius 3 is 2.71 bits per heavy atom. The first-order valence-electron chi connectivity index (χ1n) is 7.01. The van der Waals surface area contributed by atoms with Crippen molar-refractivity contribution in [2.24, 2.45) is 0 Å². The number of hydrogen-bond acceptors (Lipinski definition) is 5. The van der Waals surface area contributed by atoms with E-state index in [4.69, 9.17) is 5.73 Å². The molecule has 0 atom stereocenters. The molecular weight excluding hydrogens is 272 g/mol.